The zero-order valence-electron chi connectivity index (χ0n) is 9.69. The molecule has 0 aliphatic carbocycles. The van der Waals surface area contributed by atoms with Crippen LogP contribution >= 0.6 is 0 Å². The number of rotatable bonds is 2. The highest BCUT2D eigenvalue weighted by Gasteiger charge is 2.31. The summed E-state index contributed by atoms with van der Waals surface area (Å²) >= 11 is 0. The molecule has 0 bridgehead atoms. The first-order chi connectivity index (χ1) is 7.57. The van der Waals surface area contributed by atoms with E-state index in [1.54, 1.807) is 12.1 Å². The number of benzene rings is 1. The maximum atomic E-state index is 10.5. The Hall–Kier alpha value is -1.06. The van der Waals surface area contributed by atoms with Crippen LogP contribution in [-0.4, -0.2) is 40.9 Å². The number of nitrogens with zero attached hydrogens (tertiary/aromatic N) is 1. The van der Waals surface area contributed by atoms with E-state index in [1.165, 1.54) is 0 Å². The number of β-amino-alcohol motifs (C(OH)–C–C–N with tert-alkyl or cyclic N) is 1. The van der Waals surface area contributed by atoms with E-state index in [0.717, 1.165) is 24.9 Å². The normalized spacial score (nSPS) is 26.9. The van der Waals surface area contributed by atoms with E-state index >= 15 is 0 Å². The molecule has 1 heterocycles. The highest BCUT2D eigenvalue weighted by atomic mass is 16.3. The number of likely N-dealkylation sites (tertiary alicyclic amines) is 1. The molecule has 1 aliphatic rings. The maximum Gasteiger partial charge on any atom is 0.115 e. The van der Waals surface area contributed by atoms with Crippen molar-refractivity contribution in [2.75, 3.05) is 20.1 Å². The summed E-state index contributed by atoms with van der Waals surface area (Å²) in [5.74, 6) is 0.269. The van der Waals surface area contributed by atoms with Gasteiger partial charge in [-0.3, -0.25) is 0 Å². The van der Waals surface area contributed by atoms with Crippen LogP contribution in [0.3, 0.4) is 0 Å². The van der Waals surface area contributed by atoms with E-state index in [-0.39, 0.29) is 5.75 Å². The molecular formula is C13H19NO2. The fourth-order valence-corrected chi connectivity index (χ4v) is 2.53. The third kappa shape index (κ3) is 2.74. The summed E-state index contributed by atoms with van der Waals surface area (Å²) in [5, 5.41) is 19.8. The van der Waals surface area contributed by atoms with Crippen molar-refractivity contribution in [3.63, 3.8) is 0 Å². The number of hydrogen-bond acceptors (Lipinski definition) is 3. The molecule has 1 aromatic carbocycles. The molecule has 1 aliphatic heterocycles. The smallest absolute Gasteiger partial charge is 0.115 e. The van der Waals surface area contributed by atoms with Crippen molar-refractivity contribution in [2.24, 2.45) is 0 Å². The van der Waals surface area contributed by atoms with Crippen LogP contribution in [0, 0.1) is 0 Å². The Morgan fingerprint density at radius 2 is 2.25 bits per heavy atom. The monoisotopic (exact) mass is 221 g/mol. The quantitative estimate of drug-likeness (QED) is 0.793. The number of piperidine rings is 1. The number of aromatic hydroxyl groups is 1. The van der Waals surface area contributed by atoms with Crippen molar-refractivity contribution in [3.8, 4) is 5.75 Å². The number of hydrogen-bond donors (Lipinski definition) is 2. The van der Waals surface area contributed by atoms with Crippen molar-refractivity contribution in [3.05, 3.63) is 29.8 Å². The molecule has 1 fully saturated rings. The summed E-state index contributed by atoms with van der Waals surface area (Å²) in [5.41, 5.74) is 0.360. The standard InChI is InChI=1S/C13H19NO2/c1-14-7-3-6-13(16,10-14)9-11-4-2-5-12(15)8-11/h2,4-5,8,15-16H,3,6-7,9-10H2,1H3. The van der Waals surface area contributed by atoms with Crippen LogP contribution in [0.4, 0.5) is 0 Å². The van der Waals surface area contributed by atoms with Gasteiger partial charge in [0, 0.05) is 13.0 Å². The van der Waals surface area contributed by atoms with Crippen molar-refractivity contribution >= 4 is 0 Å². The Morgan fingerprint density at radius 1 is 1.44 bits per heavy atom. The van der Waals surface area contributed by atoms with Crippen LogP contribution in [0.1, 0.15) is 18.4 Å². The van der Waals surface area contributed by atoms with Crippen LogP contribution in [0.2, 0.25) is 0 Å². The van der Waals surface area contributed by atoms with E-state index in [2.05, 4.69) is 4.90 Å². The average molecular weight is 221 g/mol. The topological polar surface area (TPSA) is 43.7 Å². The molecule has 0 aromatic heterocycles. The summed E-state index contributed by atoms with van der Waals surface area (Å²) in [7, 11) is 2.03. The van der Waals surface area contributed by atoms with Gasteiger partial charge in [-0.2, -0.15) is 0 Å². The molecule has 0 amide bonds. The zero-order valence-corrected chi connectivity index (χ0v) is 9.69. The SMILES string of the molecule is CN1CCCC(O)(Cc2cccc(O)c2)C1. The molecule has 3 nitrogen and oxygen atoms in total. The summed E-state index contributed by atoms with van der Waals surface area (Å²) in [4.78, 5) is 2.16. The third-order valence-corrected chi connectivity index (χ3v) is 3.19. The number of likely N-dealkylation sites (N-methyl/N-ethyl adjacent to an activating group) is 1. The van der Waals surface area contributed by atoms with Crippen LogP contribution in [0.25, 0.3) is 0 Å². The lowest BCUT2D eigenvalue weighted by Crippen LogP contribution is -2.47. The van der Waals surface area contributed by atoms with Crippen molar-refractivity contribution in [1.29, 1.82) is 0 Å². The van der Waals surface area contributed by atoms with E-state index in [1.807, 2.05) is 19.2 Å². The Kier molecular flexibility index (Phi) is 3.17. The largest absolute Gasteiger partial charge is 0.508 e. The van der Waals surface area contributed by atoms with Gasteiger partial charge in [-0.05, 0) is 44.1 Å². The first-order valence-corrected chi connectivity index (χ1v) is 5.76. The minimum absolute atomic E-state index is 0.269. The van der Waals surface area contributed by atoms with Crippen molar-refractivity contribution in [1.82, 2.24) is 4.90 Å². The van der Waals surface area contributed by atoms with Gasteiger partial charge in [0.05, 0.1) is 5.60 Å². The Balaban J connectivity index is 2.08. The predicted molar refractivity (Wildman–Crippen MR) is 63.5 cm³/mol. The maximum absolute atomic E-state index is 10.5. The fraction of sp³-hybridized carbons (Fsp3) is 0.538. The van der Waals surface area contributed by atoms with E-state index in [0.29, 0.717) is 13.0 Å². The zero-order chi connectivity index (χ0) is 11.6. The minimum atomic E-state index is -0.638. The van der Waals surface area contributed by atoms with Gasteiger partial charge in [0.2, 0.25) is 0 Å². The van der Waals surface area contributed by atoms with Gasteiger partial charge in [0.15, 0.2) is 0 Å². The van der Waals surface area contributed by atoms with Gasteiger partial charge in [0.25, 0.3) is 0 Å². The molecule has 3 heteroatoms. The molecule has 1 aromatic rings. The highest BCUT2D eigenvalue weighted by molar-refractivity contribution is 5.28. The number of aliphatic hydroxyl groups is 1. The Bertz CT molecular complexity index is 367. The van der Waals surface area contributed by atoms with E-state index in [9.17, 15) is 10.2 Å². The van der Waals surface area contributed by atoms with Gasteiger partial charge in [-0.1, -0.05) is 12.1 Å². The lowest BCUT2D eigenvalue weighted by molar-refractivity contribution is -0.0224. The van der Waals surface area contributed by atoms with Gasteiger partial charge >= 0.3 is 0 Å². The first-order valence-electron chi connectivity index (χ1n) is 5.76. The second-order valence-electron chi connectivity index (χ2n) is 4.91. The molecular weight excluding hydrogens is 202 g/mol. The van der Waals surface area contributed by atoms with Gasteiger partial charge in [-0.15, -0.1) is 0 Å². The van der Waals surface area contributed by atoms with Crippen LogP contribution < -0.4 is 0 Å². The second kappa shape index (κ2) is 4.44. The van der Waals surface area contributed by atoms with Crippen LogP contribution in [0.15, 0.2) is 24.3 Å². The van der Waals surface area contributed by atoms with Crippen molar-refractivity contribution < 1.29 is 10.2 Å². The summed E-state index contributed by atoms with van der Waals surface area (Å²) in [6.07, 6.45) is 2.49. The lowest BCUT2D eigenvalue weighted by atomic mass is 9.87. The molecule has 1 unspecified atom stereocenters. The number of phenolic OH excluding ortho intramolecular Hbond substituents is 1. The third-order valence-electron chi connectivity index (χ3n) is 3.19. The average Bonchev–Trinajstić information content (AvgIpc) is 2.16. The van der Waals surface area contributed by atoms with Crippen molar-refractivity contribution in [2.45, 2.75) is 24.9 Å². The molecule has 0 saturated carbocycles. The second-order valence-corrected chi connectivity index (χ2v) is 4.91. The summed E-state index contributed by atoms with van der Waals surface area (Å²) < 4.78 is 0. The predicted octanol–water partition coefficient (Wildman–Crippen LogP) is 1.39. The first kappa shape index (κ1) is 11.4. The number of phenols is 1. The summed E-state index contributed by atoms with van der Waals surface area (Å²) in [6.45, 7) is 1.77. The highest BCUT2D eigenvalue weighted by Crippen LogP contribution is 2.25. The Labute approximate surface area is 96.3 Å². The fourth-order valence-electron chi connectivity index (χ4n) is 2.53. The molecule has 1 atom stereocenters. The van der Waals surface area contributed by atoms with Crippen LogP contribution in [-0.2, 0) is 6.42 Å². The van der Waals surface area contributed by atoms with E-state index in [4.69, 9.17) is 0 Å². The van der Waals surface area contributed by atoms with E-state index < -0.39 is 5.60 Å². The molecule has 0 radical (unpaired) electrons. The molecule has 88 valence electrons. The van der Waals surface area contributed by atoms with Gasteiger partial charge in [-0.25, -0.2) is 0 Å². The molecule has 2 N–H and O–H groups in total. The molecule has 16 heavy (non-hydrogen) atoms. The molecule has 0 spiro atoms. The van der Waals surface area contributed by atoms with Crippen LogP contribution in [0.5, 0.6) is 5.75 Å². The Morgan fingerprint density at radius 3 is 2.94 bits per heavy atom. The molecule has 2 rings (SSSR count). The summed E-state index contributed by atoms with van der Waals surface area (Å²) in [6, 6.07) is 7.15. The minimum Gasteiger partial charge on any atom is -0.508 e. The van der Waals surface area contributed by atoms with Gasteiger partial charge in [0.1, 0.15) is 5.75 Å². The van der Waals surface area contributed by atoms with Gasteiger partial charge < -0.3 is 15.1 Å². The lowest BCUT2D eigenvalue weighted by Gasteiger charge is -2.37. The molecule has 1 saturated heterocycles.